The second-order valence-electron chi connectivity index (χ2n) is 6.97. The minimum atomic E-state index is -2.19. The summed E-state index contributed by atoms with van der Waals surface area (Å²) >= 11 is 0. The van der Waals surface area contributed by atoms with Crippen molar-refractivity contribution >= 4 is 20.0 Å². The van der Waals surface area contributed by atoms with Crippen LogP contribution in [-0.4, -0.2) is 79.8 Å². The Morgan fingerprint density at radius 2 is 1.81 bits per heavy atom. The Labute approximate surface area is 155 Å². The number of likely N-dealkylation sites (N-methyl/N-ethyl adjacent to an activating group) is 1. The maximum atomic E-state index is 12.3. The molecular formula is C17H30NO7P+2. The van der Waals surface area contributed by atoms with Crippen molar-refractivity contribution < 1.29 is 38.1 Å². The fraction of sp³-hybridized carbons (Fsp3) is 0.647. The summed E-state index contributed by atoms with van der Waals surface area (Å²) in [4.78, 5) is 23.2. The van der Waals surface area contributed by atoms with E-state index < -0.39 is 26.1 Å². The van der Waals surface area contributed by atoms with Crippen LogP contribution in [0.15, 0.2) is 23.3 Å². The van der Waals surface area contributed by atoms with Crippen molar-refractivity contribution in [1.82, 2.24) is 0 Å². The smallest absolute Gasteiger partial charge is 0.478 e. The highest BCUT2D eigenvalue weighted by Gasteiger charge is 2.33. The SMILES string of the molecule is C=C(C)C(=O)OC(C[P+](=O)OCC[N+](C)(C)C)C(CCO)=C(C)C(=O)O. The standard InChI is InChI=1S/C17H29NO7P/c1-12(2)17(22)25-15(14(7-9-19)13(3)16(20)21)11-26(23)24-10-8-18(4,5)6/h15,19H,1,7-11H2,2-6H3/q+1/p+1. The lowest BCUT2D eigenvalue weighted by atomic mass is 10.0. The second kappa shape index (κ2) is 11.2. The summed E-state index contributed by atoms with van der Waals surface area (Å²) in [7, 11) is 3.71. The number of hydrogen-bond acceptors (Lipinski definition) is 6. The Morgan fingerprint density at radius 1 is 1.23 bits per heavy atom. The van der Waals surface area contributed by atoms with E-state index in [-0.39, 0.29) is 42.5 Å². The number of ether oxygens (including phenoxy) is 1. The molecule has 0 aliphatic carbocycles. The molecule has 0 radical (unpaired) electrons. The summed E-state index contributed by atoms with van der Waals surface area (Å²) in [6, 6.07) is 0. The Balaban J connectivity index is 5.36. The number of quaternary nitrogens is 1. The van der Waals surface area contributed by atoms with Gasteiger partial charge in [0.15, 0.2) is 12.7 Å². The van der Waals surface area contributed by atoms with Gasteiger partial charge >= 0.3 is 20.0 Å². The zero-order valence-corrected chi connectivity index (χ0v) is 17.0. The number of carboxylic acid groups (broad SMARTS) is 1. The van der Waals surface area contributed by atoms with E-state index in [1.165, 1.54) is 13.8 Å². The number of carboxylic acids is 1. The molecule has 26 heavy (non-hydrogen) atoms. The second-order valence-corrected chi connectivity index (χ2v) is 8.25. The highest BCUT2D eigenvalue weighted by atomic mass is 31.1. The first-order valence-electron chi connectivity index (χ1n) is 8.17. The van der Waals surface area contributed by atoms with E-state index in [1.54, 1.807) is 0 Å². The third-order valence-corrected chi connectivity index (χ3v) is 4.58. The first-order valence-corrected chi connectivity index (χ1v) is 9.53. The highest BCUT2D eigenvalue weighted by Crippen LogP contribution is 2.30. The van der Waals surface area contributed by atoms with Crippen LogP contribution in [0.25, 0.3) is 0 Å². The topological polar surface area (TPSA) is 110 Å². The van der Waals surface area contributed by atoms with Crippen LogP contribution >= 0.6 is 8.03 Å². The molecule has 2 atom stereocenters. The molecule has 0 aliphatic rings. The first-order chi connectivity index (χ1) is 11.9. The van der Waals surface area contributed by atoms with E-state index in [1.807, 2.05) is 21.1 Å². The predicted molar refractivity (Wildman–Crippen MR) is 98.1 cm³/mol. The molecule has 9 heteroatoms. The summed E-state index contributed by atoms with van der Waals surface area (Å²) in [5, 5.41) is 18.5. The predicted octanol–water partition coefficient (Wildman–Crippen LogP) is 1.72. The van der Waals surface area contributed by atoms with Gasteiger partial charge in [-0.1, -0.05) is 6.58 Å². The van der Waals surface area contributed by atoms with Gasteiger partial charge in [-0.05, 0) is 30.4 Å². The van der Waals surface area contributed by atoms with E-state index in [2.05, 4.69) is 6.58 Å². The van der Waals surface area contributed by atoms with Gasteiger partial charge in [0.05, 0.1) is 21.1 Å². The number of rotatable bonds is 12. The number of esters is 1. The molecule has 8 nitrogen and oxygen atoms in total. The van der Waals surface area contributed by atoms with Gasteiger partial charge < -0.3 is 19.4 Å². The molecule has 0 saturated carbocycles. The van der Waals surface area contributed by atoms with E-state index in [4.69, 9.17) is 9.26 Å². The third kappa shape index (κ3) is 9.77. The molecule has 0 rings (SSSR count). The number of aliphatic hydroxyl groups excluding tert-OH is 1. The summed E-state index contributed by atoms with van der Waals surface area (Å²) in [6.07, 6.45) is -1.28. The summed E-state index contributed by atoms with van der Waals surface area (Å²) in [5.41, 5.74) is 0.272. The molecule has 0 heterocycles. The fourth-order valence-corrected chi connectivity index (χ4v) is 2.86. The number of carbonyl (C=O) groups excluding carboxylic acids is 1. The lowest BCUT2D eigenvalue weighted by molar-refractivity contribution is -0.870. The molecule has 0 aromatic heterocycles. The maximum absolute atomic E-state index is 12.3. The number of carbonyl (C=O) groups is 2. The molecule has 0 fully saturated rings. The van der Waals surface area contributed by atoms with Crippen LogP contribution in [0.1, 0.15) is 20.3 Å². The van der Waals surface area contributed by atoms with Crippen molar-refractivity contribution in [2.75, 3.05) is 47.1 Å². The molecular weight excluding hydrogens is 361 g/mol. The zero-order chi connectivity index (χ0) is 20.5. The van der Waals surface area contributed by atoms with Crippen molar-refractivity contribution in [3.8, 4) is 0 Å². The summed E-state index contributed by atoms with van der Waals surface area (Å²) < 4.78 is 23.5. The van der Waals surface area contributed by atoms with Crippen molar-refractivity contribution in [3.05, 3.63) is 23.3 Å². The molecule has 0 spiro atoms. The minimum Gasteiger partial charge on any atom is -0.478 e. The molecule has 2 N–H and O–H groups in total. The van der Waals surface area contributed by atoms with Gasteiger partial charge in [0, 0.05) is 17.8 Å². The van der Waals surface area contributed by atoms with Crippen LogP contribution in [0.2, 0.25) is 0 Å². The quantitative estimate of drug-likeness (QED) is 0.226. The van der Waals surface area contributed by atoms with E-state index in [9.17, 15) is 24.4 Å². The van der Waals surface area contributed by atoms with Gasteiger partial charge in [0.25, 0.3) is 0 Å². The third-order valence-electron chi connectivity index (χ3n) is 3.48. The lowest BCUT2D eigenvalue weighted by Crippen LogP contribution is -2.37. The number of hydrogen-bond donors (Lipinski definition) is 2. The number of aliphatic hydroxyl groups is 1. The first kappa shape index (κ1) is 24.4. The van der Waals surface area contributed by atoms with Gasteiger partial charge in [0.1, 0.15) is 6.54 Å². The van der Waals surface area contributed by atoms with E-state index in [0.29, 0.717) is 11.0 Å². The summed E-state index contributed by atoms with van der Waals surface area (Å²) in [5.74, 6) is -1.93. The molecule has 148 valence electrons. The van der Waals surface area contributed by atoms with Gasteiger partial charge in [0.2, 0.25) is 6.16 Å². The molecule has 0 aromatic carbocycles. The minimum absolute atomic E-state index is 0.0195. The number of nitrogens with zero attached hydrogens (tertiary/aromatic N) is 1. The van der Waals surface area contributed by atoms with Crippen LogP contribution in [0.4, 0.5) is 0 Å². The van der Waals surface area contributed by atoms with Gasteiger partial charge in [-0.2, -0.15) is 0 Å². The van der Waals surface area contributed by atoms with Crippen LogP contribution in [-0.2, 0) is 23.4 Å². The fourth-order valence-electron chi connectivity index (χ4n) is 1.90. The molecule has 0 amide bonds. The molecule has 0 saturated heterocycles. The Bertz CT molecular complexity index is 578. The van der Waals surface area contributed by atoms with Crippen molar-refractivity contribution in [3.63, 3.8) is 0 Å². The Morgan fingerprint density at radius 3 is 2.23 bits per heavy atom. The largest absolute Gasteiger partial charge is 0.512 e. The van der Waals surface area contributed by atoms with Crippen molar-refractivity contribution in [2.24, 2.45) is 0 Å². The molecule has 0 bridgehead atoms. The Hall–Kier alpha value is -1.60. The van der Waals surface area contributed by atoms with Gasteiger partial charge in [-0.15, -0.1) is 4.52 Å². The normalized spacial score (nSPS) is 14.3. The molecule has 0 aromatic rings. The average molecular weight is 391 g/mol. The maximum Gasteiger partial charge on any atom is 0.512 e. The average Bonchev–Trinajstić information content (AvgIpc) is 2.49. The van der Waals surface area contributed by atoms with Gasteiger partial charge in [-0.25, -0.2) is 9.59 Å². The highest BCUT2D eigenvalue weighted by molar-refractivity contribution is 7.39. The van der Waals surface area contributed by atoms with Crippen LogP contribution in [0.5, 0.6) is 0 Å². The molecule has 0 aliphatic heterocycles. The van der Waals surface area contributed by atoms with Crippen LogP contribution in [0.3, 0.4) is 0 Å². The van der Waals surface area contributed by atoms with Gasteiger partial charge in [-0.3, -0.25) is 0 Å². The van der Waals surface area contributed by atoms with Crippen LogP contribution in [0, 0.1) is 0 Å². The zero-order valence-electron chi connectivity index (χ0n) is 16.2. The van der Waals surface area contributed by atoms with Crippen molar-refractivity contribution in [1.29, 1.82) is 0 Å². The molecule has 2 unspecified atom stereocenters. The van der Waals surface area contributed by atoms with E-state index in [0.717, 1.165) is 0 Å². The monoisotopic (exact) mass is 391 g/mol. The van der Waals surface area contributed by atoms with E-state index >= 15 is 0 Å². The summed E-state index contributed by atoms with van der Waals surface area (Å²) in [6.45, 7) is 6.83. The van der Waals surface area contributed by atoms with Crippen molar-refractivity contribution in [2.45, 2.75) is 26.4 Å². The van der Waals surface area contributed by atoms with Crippen LogP contribution < -0.4 is 0 Å². The lowest BCUT2D eigenvalue weighted by Gasteiger charge is -2.22. The Kier molecular flexibility index (Phi) is 10.5. The number of aliphatic carboxylic acids is 1.